The van der Waals surface area contributed by atoms with Gasteiger partial charge in [-0.05, 0) is 60.2 Å². The van der Waals surface area contributed by atoms with Gasteiger partial charge < -0.3 is 9.84 Å². The number of nitrogens with one attached hydrogen (secondary N) is 1. The molecule has 0 aliphatic carbocycles. The molecule has 34 heavy (non-hydrogen) atoms. The molecule has 3 rings (SSSR count). The van der Waals surface area contributed by atoms with Gasteiger partial charge in [0.2, 0.25) is 0 Å². The molecule has 2 unspecified atom stereocenters. The molecule has 0 aliphatic rings. The fourth-order valence-corrected chi connectivity index (χ4v) is 3.17. The smallest absolute Gasteiger partial charge is 0.416 e. The predicted molar refractivity (Wildman–Crippen MR) is 106 cm³/mol. The lowest BCUT2D eigenvalue weighted by atomic mass is 9.95. The summed E-state index contributed by atoms with van der Waals surface area (Å²) in [4.78, 5) is 0. The van der Waals surface area contributed by atoms with Crippen molar-refractivity contribution in [1.29, 1.82) is 0 Å². The first kappa shape index (κ1) is 25.4. The third kappa shape index (κ3) is 6.91. The van der Waals surface area contributed by atoms with Crippen LogP contribution in [0.4, 0.5) is 35.1 Å². The van der Waals surface area contributed by atoms with Crippen molar-refractivity contribution in [3.8, 4) is 11.5 Å². The van der Waals surface area contributed by atoms with Crippen molar-refractivity contribution < 1.29 is 45.0 Å². The molecule has 0 heterocycles. The molecule has 3 aromatic rings. The van der Waals surface area contributed by atoms with Crippen molar-refractivity contribution in [3.63, 3.8) is 0 Å². The molecule has 3 aromatic carbocycles. The second kappa shape index (κ2) is 9.98. The van der Waals surface area contributed by atoms with Crippen molar-refractivity contribution in [3.05, 3.63) is 95.1 Å². The molecular formula is C23H17F8NO2. The maximum absolute atomic E-state index is 14.6. The van der Waals surface area contributed by atoms with Crippen molar-refractivity contribution in [2.24, 2.45) is 0 Å². The van der Waals surface area contributed by atoms with Crippen molar-refractivity contribution in [2.45, 2.75) is 31.0 Å². The number of halogens is 8. The van der Waals surface area contributed by atoms with Crippen LogP contribution in [0.2, 0.25) is 0 Å². The van der Waals surface area contributed by atoms with E-state index in [0.717, 1.165) is 12.1 Å². The van der Waals surface area contributed by atoms with E-state index in [1.54, 1.807) is 0 Å². The van der Waals surface area contributed by atoms with Crippen molar-refractivity contribution in [1.82, 2.24) is 5.32 Å². The number of benzene rings is 3. The van der Waals surface area contributed by atoms with E-state index in [1.165, 1.54) is 36.4 Å². The van der Waals surface area contributed by atoms with E-state index < -0.39 is 53.8 Å². The molecule has 0 fully saturated rings. The minimum atomic E-state index is -4.84. The van der Waals surface area contributed by atoms with E-state index in [2.05, 4.69) is 5.32 Å². The average molecular weight is 491 g/mol. The molecule has 0 aliphatic heterocycles. The summed E-state index contributed by atoms with van der Waals surface area (Å²) in [5.41, 5.74) is -1.84. The van der Waals surface area contributed by atoms with Gasteiger partial charge in [-0.15, -0.1) is 0 Å². The Morgan fingerprint density at radius 3 is 2.12 bits per heavy atom. The highest BCUT2D eigenvalue weighted by atomic mass is 19.4. The fourth-order valence-electron chi connectivity index (χ4n) is 3.17. The average Bonchev–Trinajstić information content (AvgIpc) is 2.72. The third-order valence-corrected chi connectivity index (χ3v) is 4.66. The van der Waals surface area contributed by atoms with Crippen LogP contribution in [0.5, 0.6) is 11.5 Å². The van der Waals surface area contributed by atoms with Crippen molar-refractivity contribution in [2.75, 3.05) is 0 Å². The molecule has 2 N–H and O–H groups in total. The zero-order valence-corrected chi connectivity index (χ0v) is 17.1. The Labute approximate surface area is 188 Å². The first-order valence-electron chi connectivity index (χ1n) is 9.73. The van der Waals surface area contributed by atoms with Crippen LogP contribution in [0.15, 0.2) is 66.7 Å². The zero-order chi connectivity index (χ0) is 25.1. The first-order chi connectivity index (χ1) is 15.8. The van der Waals surface area contributed by atoms with Crippen LogP contribution in [0.3, 0.4) is 0 Å². The zero-order valence-electron chi connectivity index (χ0n) is 17.1. The van der Waals surface area contributed by atoms with Gasteiger partial charge in [0.15, 0.2) is 0 Å². The van der Waals surface area contributed by atoms with Gasteiger partial charge in [0, 0.05) is 5.56 Å². The largest absolute Gasteiger partial charge is 0.457 e. The summed E-state index contributed by atoms with van der Waals surface area (Å²) in [7, 11) is 0. The van der Waals surface area contributed by atoms with Gasteiger partial charge in [-0.3, -0.25) is 5.32 Å². The molecule has 0 radical (unpaired) electrons. The highest BCUT2D eigenvalue weighted by Crippen LogP contribution is 2.35. The second-order valence-corrected chi connectivity index (χ2v) is 7.30. The van der Waals surface area contributed by atoms with Gasteiger partial charge >= 0.3 is 12.4 Å². The number of alkyl halides is 6. The third-order valence-electron chi connectivity index (χ3n) is 4.66. The maximum atomic E-state index is 14.6. The lowest BCUT2D eigenvalue weighted by molar-refractivity contribution is -0.157. The summed E-state index contributed by atoms with van der Waals surface area (Å²) in [6, 6.07) is 10.1. The van der Waals surface area contributed by atoms with E-state index in [-0.39, 0.29) is 17.1 Å². The summed E-state index contributed by atoms with van der Waals surface area (Å²) in [6.45, 7) is 0. The topological polar surface area (TPSA) is 41.5 Å². The van der Waals surface area contributed by atoms with Gasteiger partial charge in [0.25, 0.3) is 0 Å². The molecule has 0 saturated carbocycles. The number of aliphatic hydroxyl groups excluding tert-OH is 1. The van der Waals surface area contributed by atoms with Crippen LogP contribution in [0, 0.1) is 11.6 Å². The summed E-state index contributed by atoms with van der Waals surface area (Å²) < 4.78 is 111. The fraction of sp³-hybridized carbons (Fsp3) is 0.217. The lowest BCUT2D eigenvalue weighted by Gasteiger charge is -2.25. The maximum Gasteiger partial charge on any atom is 0.416 e. The molecule has 11 heteroatoms. The molecule has 3 nitrogen and oxygen atoms in total. The SMILES string of the molecule is OC(CC(F)(F)F)NC(c1cccc(Oc2ccc(F)cc2)c1)c1cc(C(F)(F)F)ccc1F. The molecule has 2 atom stereocenters. The molecule has 0 aromatic heterocycles. The van der Waals surface area contributed by atoms with Gasteiger partial charge in [0.05, 0.1) is 18.0 Å². The minimum Gasteiger partial charge on any atom is -0.457 e. The molecule has 0 amide bonds. The van der Waals surface area contributed by atoms with E-state index in [4.69, 9.17) is 4.74 Å². The predicted octanol–water partition coefficient (Wildman–Crippen LogP) is 6.73. The molecule has 0 spiro atoms. The van der Waals surface area contributed by atoms with Crippen LogP contribution >= 0.6 is 0 Å². The molecular weight excluding hydrogens is 474 g/mol. The second-order valence-electron chi connectivity index (χ2n) is 7.30. The molecule has 0 saturated heterocycles. The van der Waals surface area contributed by atoms with Crippen LogP contribution < -0.4 is 10.1 Å². The van der Waals surface area contributed by atoms with Crippen LogP contribution in [-0.2, 0) is 6.18 Å². The molecule has 0 bridgehead atoms. The van der Waals surface area contributed by atoms with Crippen LogP contribution in [-0.4, -0.2) is 17.5 Å². The summed E-state index contributed by atoms with van der Waals surface area (Å²) in [5, 5.41) is 12.0. The first-order valence-corrected chi connectivity index (χ1v) is 9.73. The standard InChI is InChI=1S/C23H17F8NO2/c24-15-5-7-16(8-6-15)34-17-3-1-2-13(10-17)21(32-20(33)12-22(26,27)28)18-11-14(23(29,30)31)4-9-19(18)25/h1-11,20-21,32-33H,12H2. The van der Waals surface area contributed by atoms with Gasteiger partial charge in [-0.1, -0.05) is 12.1 Å². The Morgan fingerprint density at radius 2 is 1.50 bits per heavy atom. The minimum absolute atomic E-state index is 0.0130. The molecule has 182 valence electrons. The monoisotopic (exact) mass is 491 g/mol. The summed E-state index contributed by atoms with van der Waals surface area (Å²) >= 11 is 0. The highest BCUT2D eigenvalue weighted by Gasteiger charge is 2.35. The lowest BCUT2D eigenvalue weighted by Crippen LogP contribution is -2.37. The Kier molecular flexibility index (Phi) is 7.47. The number of ether oxygens (including phenoxy) is 1. The summed E-state index contributed by atoms with van der Waals surface area (Å²) in [5.74, 6) is -1.36. The van der Waals surface area contributed by atoms with Crippen LogP contribution in [0.25, 0.3) is 0 Å². The van der Waals surface area contributed by atoms with E-state index >= 15 is 0 Å². The van der Waals surface area contributed by atoms with Gasteiger partial charge in [0.1, 0.15) is 29.4 Å². The van der Waals surface area contributed by atoms with E-state index in [0.29, 0.717) is 18.2 Å². The Morgan fingerprint density at radius 1 is 0.824 bits per heavy atom. The van der Waals surface area contributed by atoms with Crippen molar-refractivity contribution >= 4 is 0 Å². The van der Waals surface area contributed by atoms with E-state index in [9.17, 15) is 40.2 Å². The van der Waals surface area contributed by atoms with Gasteiger partial charge in [-0.25, -0.2) is 8.78 Å². The van der Waals surface area contributed by atoms with E-state index in [1.807, 2.05) is 0 Å². The van der Waals surface area contributed by atoms with Crippen LogP contribution in [0.1, 0.15) is 29.2 Å². The number of rotatable bonds is 7. The Hall–Kier alpha value is -3.18. The normalized spacial score (nSPS) is 14.0. The quantitative estimate of drug-likeness (QED) is 0.285. The highest BCUT2D eigenvalue weighted by molar-refractivity contribution is 5.41. The Bertz CT molecular complexity index is 1110. The van der Waals surface area contributed by atoms with Gasteiger partial charge in [-0.2, -0.15) is 26.3 Å². The number of hydrogen-bond acceptors (Lipinski definition) is 3. The number of hydrogen-bond donors (Lipinski definition) is 2. The Balaban J connectivity index is 2.01. The number of aliphatic hydroxyl groups is 1. The summed E-state index contributed by atoms with van der Waals surface area (Å²) in [6.07, 6.45) is -13.6.